The summed E-state index contributed by atoms with van der Waals surface area (Å²) >= 11 is 6.15. The van der Waals surface area contributed by atoms with Gasteiger partial charge >= 0.3 is 0 Å². The molecule has 0 bridgehead atoms. The summed E-state index contributed by atoms with van der Waals surface area (Å²) in [5.74, 6) is 0. The Bertz CT molecular complexity index is 228. The van der Waals surface area contributed by atoms with Crippen molar-refractivity contribution in [2.45, 2.75) is 24.8 Å². The predicted octanol–water partition coefficient (Wildman–Crippen LogP) is 1.11. The number of rotatable bonds is 0. The maximum atomic E-state index is 6.15. The molecule has 1 aliphatic carbocycles. The second kappa shape index (κ2) is 2.54. The van der Waals surface area contributed by atoms with Crippen molar-refractivity contribution in [3.63, 3.8) is 0 Å². The molecule has 0 aromatic rings. The van der Waals surface area contributed by atoms with Gasteiger partial charge in [0.25, 0.3) is 0 Å². The molecule has 0 saturated heterocycles. The Morgan fingerprint density at radius 2 is 2.18 bits per heavy atom. The Hall–Kier alpha value is -0.470. The third-order valence-electron chi connectivity index (χ3n) is 2.28. The Morgan fingerprint density at radius 3 is 2.64 bits per heavy atom. The summed E-state index contributed by atoms with van der Waals surface area (Å²) < 4.78 is 0. The zero-order valence-corrected chi connectivity index (χ0v) is 7.52. The third kappa shape index (κ3) is 1.28. The molecule has 2 nitrogen and oxygen atoms in total. The average molecular weight is 173 g/mol. The molecule has 2 atom stereocenters. The summed E-state index contributed by atoms with van der Waals surface area (Å²) in [5, 5.41) is 0. The highest BCUT2D eigenvalue weighted by atomic mass is 35.5. The van der Waals surface area contributed by atoms with E-state index < -0.39 is 4.87 Å². The van der Waals surface area contributed by atoms with E-state index in [2.05, 4.69) is 0 Å². The van der Waals surface area contributed by atoms with Crippen LogP contribution in [0.1, 0.15) is 13.8 Å². The van der Waals surface area contributed by atoms with E-state index in [1.165, 1.54) is 0 Å². The molecule has 0 radical (unpaired) electrons. The highest BCUT2D eigenvalue weighted by molar-refractivity contribution is 6.26. The van der Waals surface area contributed by atoms with Crippen LogP contribution in [0.4, 0.5) is 0 Å². The van der Waals surface area contributed by atoms with Crippen LogP contribution in [0.5, 0.6) is 0 Å². The Labute approximate surface area is 71.9 Å². The van der Waals surface area contributed by atoms with Crippen molar-refractivity contribution in [1.82, 2.24) is 0 Å². The van der Waals surface area contributed by atoms with Crippen LogP contribution in [0.2, 0.25) is 0 Å². The van der Waals surface area contributed by atoms with E-state index in [1.54, 1.807) is 0 Å². The summed E-state index contributed by atoms with van der Waals surface area (Å²) in [7, 11) is 0. The summed E-state index contributed by atoms with van der Waals surface area (Å²) in [4.78, 5) is -0.515. The molecule has 0 aromatic carbocycles. The van der Waals surface area contributed by atoms with Crippen LogP contribution in [-0.2, 0) is 0 Å². The lowest BCUT2D eigenvalue weighted by atomic mass is 9.88. The average Bonchev–Trinajstić information content (AvgIpc) is 1.95. The molecule has 0 amide bonds. The number of hydrogen-bond donors (Lipinski definition) is 2. The first-order valence-electron chi connectivity index (χ1n) is 3.56. The van der Waals surface area contributed by atoms with Gasteiger partial charge in [0.15, 0.2) is 0 Å². The second-order valence-corrected chi connectivity index (χ2v) is 3.83. The van der Waals surface area contributed by atoms with Crippen LogP contribution in [0.25, 0.3) is 0 Å². The fourth-order valence-electron chi connectivity index (χ4n) is 1.05. The summed E-state index contributed by atoms with van der Waals surface area (Å²) in [6, 6.07) is -0.142. The highest BCUT2D eigenvalue weighted by Gasteiger charge is 2.32. The molecular formula is C8H13ClN2. The minimum Gasteiger partial charge on any atom is -0.399 e. The Morgan fingerprint density at radius 1 is 1.64 bits per heavy atom. The Balaban J connectivity index is 3.07. The van der Waals surface area contributed by atoms with Crippen LogP contribution in [0.15, 0.2) is 23.4 Å². The molecule has 0 aliphatic heterocycles. The molecule has 62 valence electrons. The largest absolute Gasteiger partial charge is 0.399 e. The summed E-state index contributed by atoms with van der Waals surface area (Å²) in [5.41, 5.74) is 13.1. The van der Waals surface area contributed by atoms with Gasteiger partial charge in [-0.25, -0.2) is 0 Å². The van der Waals surface area contributed by atoms with Gasteiger partial charge in [-0.05, 0) is 25.5 Å². The van der Waals surface area contributed by atoms with Crippen LogP contribution in [0, 0.1) is 0 Å². The van der Waals surface area contributed by atoms with Crippen molar-refractivity contribution in [1.29, 1.82) is 0 Å². The lowest BCUT2D eigenvalue weighted by molar-refractivity contribution is 0.621. The standard InChI is InChI=1S/C8H13ClN2/c1-5-6(10)3-4-7(11)8(5,2)9/h3-4,7H,10-11H2,1-2H3. The molecule has 2 unspecified atom stereocenters. The van der Waals surface area contributed by atoms with E-state index >= 15 is 0 Å². The number of alkyl halides is 1. The van der Waals surface area contributed by atoms with E-state index in [0.29, 0.717) is 0 Å². The second-order valence-electron chi connectivity index (χ2n) is 3.04. The maximum absolute atomic E-state index is 6.15. The molecule has 0 fully saturated rings. The normalized spacial score (nSPS) is 38.0. The molecule has 0 aromatic heterocycles. The van der Waals surface area contributed by atoms with Gasteiger partial charge in [-0.3, -0.25) is 0 Å². The third-order valence-corrected chi connectivity index (χ3v) is 2.81. The van der Waals surface area contributed by atoms with E-state index in [4.69, 9.17) is 23.1 Å². The molecule has 0 heterocycles. The first-order valence-corrected chi connectivity index (χ1v) is 3.93. The number of allylic oxidation sites excluding steroid dienone is 1. The molecule has 4 N–H and O–H groups in total. The zero-order chi connectivity index (χ0) is 8.65. The summed E-state index contributed by atoms with van der Waals surface area (Å²) in [6.07, 6.45) is 3.64. The molecular weight excluding hydrogens is 160 g/mol. The number of halogens is 1. The van der Waals surface area contributed by atoms with Crippen molar-refractivity contribution < 1.29 is 0 Å². The molecule has 11 heavy (non-hydrogen) atoms. The molecule has 0 saturated carbocycles. The van der Waals surface area contributed by atoms with Gasteiger partial charge in [-0.1, -0.05) is 6.08 Å². The van der Waals surface area contributed by atoms with Gasteiger partial charge in [0.05, 0.1) is 4.87 Å². The van der Waals surface area contributed by atoms with Crippen molar-refractivity contribution >= 4 is 11.6 Å². The minimum absolute atomic E-state index is 0.142. The topological polar surface area (TPSA) is 52.0 Å². The monoisotopic (exact) mass is 172 g/mol. The number of hydrogen-bond acceptors (Lipinski definition) is 2. The fourth-order valence-corrected chi connectivity index (χ4v) is 1.23. The molecule has 0 spiro atoms. The van der Waals surface area contributed by atoms with Crippen LogP contribution < -0.4 is 11.5 Å². The van der Waals surface area contributed by atoms with Crippen molar-refractivity contribution in [3.05, 3.63) is 23.4 Å². The van der Waals surface area contributed by atoms with Gasteiger partial charge in [0.2, 0.25) is 0 Å². The quantitative estimate of drug-likeness (QED) is 0.538. The van der Waals surface area contributed by atoms with Crippen LogP contribution in [-0.4, -0.2) is 10.9 Å². The highest BCUT2D eigenvalue weighted by Crippen LogP contribution is 2.32. The lowest BCUT2D eigenvalue weighted by Crippen LogP contribution is -2.43. The first-order chi connectivity index (χ1) is 4.96. The fraction of sp³-hybridized carbons (Fsp3) is 0.500. The summed E-state index contributed by atoms with van der Waals surface area (Å²) in [6.45, 7) is 3.79. The zero-order valence-electron chi connectivity index (χ0n) is 6.76. The number of nitrogens with two attached hydrogens (primary N) is 2. The van der Waals surface area contributed by atoms with Gasteiger partial charge in [-0.2, -0.15) is 0 Å². The molecule has 3 heteroatoms. The molecule has 1 rings (SSSR count). The van der Waals surface area contributed by atoms with Gasteiger partial charge < -0.3 is 11.5 Å². The van der Waals surface area contributed by atoms with E-state index in [1.807, 2.05) is 26.0 Å². The minimum atomic E-state index is -0.515. The van der Waals surface area contributed by atoms with Gasteiger partial charge in [0, 0.05) is 11.7 Å². The van der Waals surface area contributed by atoms with Crippen molar-refractivity contribution in [2.24, 2.45) is 11.5 Å². The van der Waals surface area contributed by atoms with E-state index in [-0.39, 0.29) is 6.04 Å². The maximum Gasteiger partial charge on any atom is 0.0833 e. The van der Waals surface area contributed by atoms with Crippen LogP contribution >= 0.6 is 11.6 Å². The van der Waals surface area contributed by atoms with E-state index in [0.717, 1.165) is 11.3 Å². The van der Waals surface area contributed by atoms with Gasteiger partial charge in [-0.15, -0.1) is 11.6 Å². The first kappa shape index (κ1) is 8.62. The Kier molecular flexibility index (Phi) is 1.99. The van der Waals surface area contributed by atoms with Crippen molar-refractivity contribution in [2.75, 3.05) is 0 Å². The molecule has 1 aliphatic rings. The van der Waals surface area contributed by atoms with Crippen LogP contribution in [0.3, 0.4) is 0 Å². The van der Waals surface area contributed by atoms with E-state index in [9.17, 15) is 0 Å². The smallest absolute Gasteiger partial charge is 0.0833 e. The predicted molar refractivity (Wildman–Crippen MR) is 48.3 cm³/mol. The lowest BCUT2D eigenvalue weighted by Gasteiger charge is -2.31. The SMILES string of the molecule is CC1=C(N)C=CC(N)C1(C)Cl. The van der Waals surface area contributed by atoms with Crippen molar-refractivity contribution in [3.8, 4) is 0 Å². The van der Waals surface area contributed by atoms with Gasteiger partial charge in [0.1, 0.15) is 0 Å².